The Kier molecular flexibility index (Phi) is 4.24. The van der Waals surface area contributed by atoms with Crippen LogP contribution < -0.4 is 0 Å². The smallest absolute Gasteiger partial charge is 0.133 e. The van der Waals surface area contributed by atoms with Gasteiger partial charge in [-0.1, -0.05) is 30.3 Å². The molecule has 0 saturated carbocycles. The molecule has 0 saturated heterocycles. The topological polar surface area (TPSA) is 47.6 Å². The van der Waals surface area contributed by atoms with E-state index in [1.807, 2.05) is 30.3 Å². The number of aryl methyl sites for hydroxylation is 1. The van der Waals surface area contributed by atoms with Crippen molar-refractivity contribution in [3.8, 4) is 12.1 Å². The Morgan fingerprint density at radius 1 is 1.07 bits per heavy atom. The number of nitrogens with zero attached hydrogens (tertiary/aromatic N) is 2. The SMILES string of the molecule is N#CC(C#N)CCCc1ccccc1. The van der Waals surface area contributed by atoms with Crippen LogP contribution in [-0.4, -0.2) is 0 Å². The molecular formula is C12H12N2. The molecule has 0 fully saturated rings. The summed E-state index contributed by atoms with van der Waals surface area (Å²) in [6, 6.07) is 14.1. The summed E-state index contributed by atoms with van der Waals surface area (Å²) in [4.78, 5) is 0. The molecule has 1 aromatic carbocycles. The molecular weight excluding hydrogens is 172 g/mol. The lowest BCUT2D eigenvalue weighted by Gasteiger charge is -2.00. The van der Waals surface area contributed by atoms with Crippen LogP contribution in [0, 0.1) is 28.6 Å². The molecule has 0 spiro atoms. The Bertz CT molecular complexity index is 329. The first-order chi connectivity index (χ1) is 6.86. The molecule has 0 unspecified atom stereocenters. The first-order valence-corrected chi connectivity index (χ1v) is 4.70. The Morgan fingerprint density at radius 2 is 1.71 bits per heavy atom. The van der Waals surface area contributed by atoms with Gasteiger partial charge in [-0.15, -0.1) is 0 Å². The van der Waals surface area contributed by atoms with E-state index in [2.05, 4.69) is 12.1 Å². The highest BCUT2D eigenvalue weighted by Gasteiger charge is 2.04. The minimum atomic E-state index is -0.446. The average Bonchev–Trinajstić information content (AvgIpc) is 2.26. The van der Waals surface area contributed by atoms with Gasteiger partial charge in [-0.05, 0) is 24.8 Å². The molecule has 0 aliphatic rings. The molecule has 0 N–H and O–H groups in total. The van der Waals surface area contributed by atoms with Crippen LogP contribution in [0.3, 0.4) is 0 Å². The minimum absolute atomic E-state index is 0.446. The van der Waals surface area contributed by atoms with E-state index in [4.69, 9.17) is 10.5 Å². The molecule has 1 rings (SSSR count). The second kappa shape index (κ2) is 5.78. The largest absolute Gasteiger partial charge is 0.197 e. The Morgan fingerprint density at radius 3 is 2.29 bits per heavy atom. The standard InChI is InChI=1S/C12H12N2/c13-9-12(10-14)8-4-7-11-5-2-1-3-6-11/h1-3,5-6,12H,4,7-8H2. The minimum Gasteiger partial charge on any atom is -0.197 e. The number of hydrogen-bond donors (Lipinski definition) is 0. The fourth-order valence-electron chi connectivity index (χ4n) is 1.31. The third-order valence-electron chi connectivity index (χ3n) is 2.11. The molecule has 0 aliphatic heterocycles. The molecule has 0 amide bonds. The summed E-state index contributed by atoms with van der Waals surface area (Å²) in [5, 5.41) is 17.1. The summed E-state index contributed by atoms with van der Waals surface area (Å²) >= 11 is 0. The van der Waals surface area contributed by atoms with Gasteiger partial charge in [0, 0.05) is 0 Å². The lowest BCUT2D eigenvalue weighted by atomic mass is 10.0. The molecule has 0 bridgehead atoms. The van der Waals surface area contributed by atoms with E-state index in [0.717, 1.165) is 12.8 Å². The van der Waals surface area contributed by atoms with Crippen LogP contribution in [0.2, 0.25) is 0 Å². The fourth-order valence-corrected chi connectivity index (χ4v) is 1.31. The Hall–Kier alpha value is -1.80. The maximum atomic E-state index is 8.55. The molecule has 1 aromatic rings. The summed E-state index contributed by atoms with van der Waals surface area (Å²) in [5.41, 5.74) is 1.27. The zero-order valence-electron chi connectivity index (χ0n) is 7.98. The predicted molar refractivity (Wildman–Crippen MR) is 54.1 cm³/mol. The second-order valence-corrected chi connectivity index (χ2v) is 3.19. The summed E-state index contributed by atoms with van der Waals surface area (Å²) in [5.74, 6) is -0.446. The number of hydrogen-bond acceptors (Lipinski definition) is 2. The van der Waals surface area contributed by atoms with Crippen LogP contribution in [-0.2, 0) is 6.42 Å². The average molecular weight is 184 g/mol. The van der Waals surface area contributed by atoms with E-state index < -0.39 is 5.92 Å². The Labute approximate surface area is 84.4 Å². The first kappa shape index (κ1) is 10.3. The highest BCUT2D eigenvalue weighted by atomic mass is 14.3. The van der Waals surface area contributed by atoms with Gasteiger partial charge in [0.05, 0.1) is 12.1 Å². The van der Waals surface area contributed by atoms with Crippen LogP contribution in [0.15, 0.2) is 30.3 Å². The third-order valence-corrected chi connectivity index (χ3v) is 2.11. The van der Waals surface area contributed by atoms with Crippen LogP contribution >= 0.6 is 0 Å². The van der Waals surface area contributed by atoms with E-state index in [1.165, 1.54) is 5.56 Å². The van der Waals surface area contributed by atoms with E-state index in [-0.39, 0.29) is 0 Å². The van der Waals surface area contributed by atoms with Crippen molar-refractivity contribution in [2.24, 2.45) is 5.92 Å². The molecule has 0 heterocycles. The highest BCUT2D eigenvalue weighted by Crippen LogP contribution is 2.09. The Balaban J connectivity index is 2.30. The number of rotatable bonds is 4. The van der Waals surface area contributed by atoms with Crippen molar-refractivity contribution in [1.82, 2.24) is 0 Å². The molecule has 0 radical (unpaired) electrons. The van der Waals surface area contributed by atoms with Crippen molar-refractivity contribution in [2.75, 3.05) is 0 Å². The maximum Gasteiger partial charge on any atom is 0.133 e. The normalized spacial score (nSPS) is 9.36. The van der Waals surface area contributed by atoms with Crippen molar-refractivity contribution in [3.63, 3.8) is 0 Å². The van der Waals surface area contributed by atoms with Gasteiger partial charge in [-0.3, -0.25) is 0 Å². The monoisotopic (exact) mass is 184 g/mol. The molecule has 0 aliphatic carbocycles. The van der Waals surface area contributed by atoms with Gasteiger partial charge in [-0.25, -0.2) is 0 Å². The summed E-state index contributed by atoms with van der Waals surface area (Å²) in [7, 11) is 0. The van der Waals surface area contributed by atoms with Gasteiger partial charge in [0.2, 0.25) is 0 Å². The zero-order chi connectivity index (χ0) is 10.2. The van der Waals surface area contributed by atoms with Crippen LogP contribution in [0.4, 0.5) is 0 Å². The fraction of sp³-hybridized carbons (Fsp3) is 0.333. The third kappa shape index (κ3) is 3.29. The van der Waals surface area contributed by atoms with Crippen molar-refractivity contribution in [3.05, 3.63) is 35.9 Å². The second-order valence-electron chi connectivity index (χ2n) is 3.19. The molecule has 0 aromatic heterocycles. The molecule has 2 nitrogen and oxygen atoms in total. The van der Waals surface area contributed by atoms with Gasteiger partial charge >= 0.3 is 0 Å². The lowest BCUT2D eigenvalue weighted by Crippen LogP contribution is -1.94. The van der Waals surface area contributed by atoms with Gasteiger partial charge in [0.1, 0.15) is 5.92 Å². The van der Waals surface area contributed by atoms with E-state index in [9.17, 15) is 0 Å². The maximum absolute atomic E-state index is 8.55. The zero-order valence-corrected chi connectivity index (χ0v) is 7.98. The number of benzene rings is 1. The van der Waals surface area contributed by atoms with Gasteiger partial charge < -0.3 is 0 Å². The van der Waals surface area contributed by atoms with Crippen LogP contribution in [0.1, 0.15) is 18.4 Å². The van der Waals surface area contributed by atoms with Gasteiger partial charge in [0.25, 0.3) is 0 Å². The van der Waals surface area contributed by atoms with Crippen molar-refractivity contribution in [2.45, 2.75) is 19.3 Å². The lowest BCUT2D eigenvalue weighted by molar-refractivity contribution is 0.671. The molecule has 70 valence electrons. The molecule has 14 heavy (non-hydrogen) atoms. The first-order valence-electron chi connectivity index (χ1n) is 4.70. The quantitative estimate of drug-likeness (QED) is 0.722. The van der Waals surface area contributed by atoms with Gasteiger partial charge in [-0.2, -0.15) is 10.5 Å². The van der Waals surface area contributed by atoms with E-state index in [0.29, 0.717) is 6.42 Å². The van der Waals surface area contributed by atoms with Crippen molar-refractivity contribution >= 4 is 0 Å². The van der Waals surface area contributed by atoms with Gasteiger partial charge in [0.15, 0.2) is 0 Å². The predicted octanol–water partition coefficient (Wildman–Crippen LogP) is 2.67. The molecule has 0 atom stereocenters. The van der Waals surface area contributed by atoms with Crippen molar-refractivity contribution in [1.29, 1.82) is 10.5 Å². The summed E-state index contributed by atoms with van der Waals surface area (Å²) in [6.07, 6.45) is 2.51. The van der Waals surface area contributed by atoms with E-state index in [1.54, 1.807) is 0 Å². The number of nitriles is 2. The summed E-state index contributed by atoms with van der Waals surface area (Å²) in [6.45, 7) is 0. The van der Waals surface area contributed by atoms with Crippen molar-refractivity contribution < 1.29 is 0 Å². The van der Waals surface area contributed by atoms with Crippen LogP contribution in [0.5, 0.6) is 0 Å². The highest BCUT2D eigenvalue weighted by molar-refractivity contribution is 5.14. The molecule has 2 heteroatoms. The van der Waals surface area contributed by atoms with E-state index >= 15 is 0 Å². The van der Waals surface area contributed by atoms with Crippen LogP contribution in [0.25, 0.3) is 0 Å². The summed E-state index contributed by atoms with van der Waals surface area (Å²) < 4.78 is 0.